The molecule has 0 radical (unpaired) electrons. The second kappa shape index (κ2) is 7.89. The lowest BCUT2D eigenvalue weighted by atomic mass is 10.0. The van der Waals surface area contributed by atoms with Gasteiger partial charge in [-0.1, -0.05) is 13.0 Å². The third-order valence-electron chi connectivity index (χ3n) is 6.01. The van der Waals surface area contributed by atoms with Crippen LogP contribution in [0.1, 0.15) is 62.4 Å². The summed E-state index contributed by atoms with van der Waals surface area (Å²) in [4.78, 5) is 16.6. The van der Waals surface area contributed by atoms with Gasteiger partial charge in [0.1, 0.15) is 17.3 Å². The third kappa shape index (κ3) is 3.50. The molecule has 1 fully saturated rings. The van der Waals surface area contributed by atoms with Crippen LogP contribution < -0.4 is 4.90 Å². The lowest BCUT2D eigenvalue weighted by molar-refractivity contribution is 0.420. The smallest absolute Gasteiger partial charge is 0.180 e. The van der Waals surface area contributed by atoms with E-state index in [9.17, 15) is 0 Å². The molecule has 0 spiro atoms. The molecule has 1 unspecified atom stereocenters. The van der Waals surface area contributed by atoms with Crippen molar-refractivity contribution in [3.05, 3.63) is 47.8 Å². The van der Waals surface area contributed by atoms with Crippen molar-refractivity contribution >= 4 is 5.82 Å². The largest absolute Gasteiger partial charge is 0.346 e. The zero-order valence-corrected chi connectivity index (χ0v) is 17.0. The average Bonchev–Trinajstić information content (AvgIpc) is 3.23. The summed E-state index contributed by atoms with van der Waals surface area (Å²) in [6.45, 7) is 4.15. The lowest BCUT2D eigenvalue weighted by Crippen LogP contribution is -2.36. The van der Waals surface area contributed by atoms with E-state index in [2.05, 4.69) is 37.6 Å². The number of aromatic nitrogens is 6. The molecular weight excluding hydrogens is 362 g/mol. The van der Waals surface area contributed by atoms with E-state index in [1.807, 2.05) is 18.2 Å². The van der Waals surface area contributed by atoms with Gasteiger partial charge < -0.3 is 9.47 Å². The summed E-state index contributed by atoms with van der Waals surface area (Å²) in [6, 6.07) is 8.23. The molecule has 150 valence electrons. The predicted octanol–water partition coefficient (Wildman–Crippen LogP) is 3.76. The van der Waals surface area contributed by atoms with Gasteiger partial charge in [0.2, 0.25) is 0 Å². The highest BCUT2D eigenvalue weighted by Gasteiger charge is 2.31. The van der Waals surface area contributed by atoms with Crippen LogP contribution in [0.2, 0.25) is 0 Å². The van der Waals surface area contributed by atoms with E-state index in [-0.39, 0.29) is 6.04 Å². The van der Waals surface area contributed by atoms with Crippen LogP contribution in [-0.2, 0) is 19.4 Å². The van der Waals surface area contributed by atoms with Crippen LogP contribution in [0.15, 0.2) is 30.5 Å². The first kappa shape index (κ1) is 18.2. The fourth-order valence-electron chi connectivity index (χ4n) is 4.47. The first-order valence-electron chi connectivity index (χ1n) is 10.8. The van der Waals surface area contributed by atoms with Gasteiger partial charge in [-0.25, -0.2) is 9.97 Å². The summed E-state index contributed by atoms with van der Waals surface area (Å²) in [6.07, 6.45) is 9.59. The molecule has 29 heavy (non-hydrogen) atoms. The Labute approximate surface area is 171 Å². The van der Waals surface area contributed by atoms with Gasteiger partial charge in [0.15, 0.2) is 11.6 Å². The fraction of sp³-hybridized carbons (Fsp3) is 0.500. The van der Waals surface area contributed by atoms with Gasteiger partial charge in [-0.2, -0.15) is 0 Å². The molecule has 0 saturated carbocycles. The third-order valence-corrected chi connectivity index (χ3v) is 6.01. The van der Waals surface area contributed by atoms with Crippen LogP contribution in [0.25, 0.3) is 11.5 Å². The second-order valence-electron chi connectivity index (χ2n) is 7.90. The number of aryl methyl sites for hydroxylation is 2. The number of rotatable bonds is 4. The standard InChI is InChI=1S/C22H27N7/c1-2-16-15-20(25-21(24-16)17-9-3-6-12-23-17)28-13-7-4-10-18(28)22-27-26-19-11-5-8-14-29(19)22/h3,6,9,12,15,18H,2,4-5,7-8,10-11,13-14H2,1H3. The maximum atomic E-state index is 4.94. The molecule has 7 heteroatoms. The highest BCUT2D eigenvalue weighted by molar-refractivity contribution is 5.54. The van der Waals surface area contributed by atoms with E-state index in [1.165, 1.54) is 25.7 Å². The second-order valence-corrected chi connectivity index (χ2v) is 7.90. The van der Waals surface area contributed by atoms with Crippen molar-refractivity contribution < 1.29 is 0 Å². The Balaban J connectivity index is 1.55. The van der Waals surface area contributed by atoms with Crippen molar-refractivity contribution in [2.45, 2.75) is 64.5 Å². The molecule has 1 saturated heterocycles. The Kier molecular flexibility index (Phi) is 4.96. The minimum Gasteiger partial charge on any atom is -0.346 e. The highest BCUT2D eigenvalue weighted by Crippen LogP contribution is 2.35. The van der Waals surface area contributed by atoms with Crippen LogP contribution in [0, 0.1) is 0 Å². The van der Waals surface area contributed by atoms with Crippen molar-refractivity contribution in [1.29, 1.82) is 0 Å². The maximum absolute atomic E-state index is 4.94. The average molecular weight is 390 g/mol. The quantitative estimate of drug-likeness (QED) is 0.676. The number of fused-ring (bicyclic) bond motifs is 1. The van der Waals surface area contributed by atoms with Crippen LogP contribution in [0.4, 0.5) is 5.82 Å². The van der Waals surface area contributed by atoms with Crippen LogP contribution in [-0.4, -0.2) is 36.3 Å². The predicted molar refractivity (Wildman–Crippen MR) is 112 cm³/mol. The molecule has 0 aliphatic carbocycles. The van der Waals surface area contributed by atoms with E-state index in [1.54, 1.807) is 6.20 Å². The van der Waals surface area contributed by atoms with Crippen LogP contribution in [0.5, 0.6) is 0 Å². The number of pyridine rings is 1. The molecule has 1 atom stereocenters. The number of piperidine rings is 1. The summed E-state index contributed by atoms with van der Waals surface area (Å²) >= 11 is 0. The Morgan fingerprint density at radius 1 is 1.03 bits per heavy atom. The van der Waals surface area contributed by atoms with E-state index < -0.39 is 0 Å². The van der Waals surface area contributed by atoms with Crippen molar-refractivity contribution in [2.75, 3.05) is 11.4 Å². The van der Waals surface area contributed by atoms with Gasteiger partial charge in [-0.15, -0.1) is 10.2 Å². The van der Waals surface area contributed by atoms with Gasteiger partial charge in [-0.05, 0) is 50.7 Å². The van der Waals surface area contributed by atoms with Crippen molar-refractivity contribution in [3.63, 3.8) is 0 Å². The first-order chi connectivity index (χ1) is 14.3. The number of hydrogen-bond acceptors (Lipinski definition) is 6. The molecule has 0 N–H and O–H groups in total. The molecule has 2 aliphatic heterocycles. The monoisotopic (exact) mass is 389 g/mol. The minimum absolute atomic E-state index is 0.222. The molecular formula is C22H27N7. The molecule has 3 aromatic heterocycles. The number of anilines is 1. The van der Waals surface area contributed by atoms with E-state index in [0.29, 0.717) is 5.82 Å². The summed E-state index contributed by atoms with van der Waals surface area (Å²) in [7, 11) is 0. The molecule has 0 bridgehead atoms. The fourth-order valence-corrected chi connectivity index (χ4v) is 4.47. The maximum Gasteiger partial charge on any atom is 0.180 e. The zero-order chi connectivity index (χ0) is 19.6. The van der Waals surface area contributed by atoms with E-state index >= 15 is 0 Å². The van der Waals surface area contributed by atoms with Gasteiger partial charge >= 0.3 is 0 Å². The Bertz CT molecular complexity index is 982. The summed E-state index contributed by atoms with van der Waals surface area (Å²) in [5.74, 6) is 3.93. The molecule has 2 aliphatic rings. The van der Waals surface area contributed by atoms with Gasteiger partial charge in [0.25, 0.3) is 0 Å². The van der Waals surface area contributed by atoms with Gasteiger partial charge in [-0.3, -0.25) is 4.98 Å². The number of nitrogens with zero attached hydrogens (tertiary/aromatic N) is 7. The van der Waals surface area contributed by atoms with E-state index in [4.69, 9.17) is 9.97 Å². The van der Waals surface area contributed by atoms with Crippen molar-refractivity contribution in [2.24, 2.45) is 0 Å². The summed E-state index contributed by atoms with van der Waals surface area (Å²) in [5, 5.41) is 9.14. The SMILES string of the molecule is CCc1cc(N2CCCCC2c2nnc3n2CCCC3)nc(-c2ccccn2)n1. The molecule has 5 heterocycles. The molecule has 3 aromatic rings. The molecule has 7 nitrogen and oxygen atoms in total. The van der Waals surface area contributed by atoms with Crippen LogP contribution >= 0.6 is 0 Å². The topological polar surface area (TPSA) is 72.6 Å². The normalized spacial score (nSPS) is 19.2. The zero-order valence-electron chi connectivity index (χ0n) is 17.0. The van der Waals surface area contributed by atoms with Gasteiger partial charge in [0, 0.05) is 37.5 Å². The molecule has 0 amide bonds. The van der Waals surface area contributed by atoms with Crippen LogP contribution in [0.3, 0.4) is 0 Å². The van der Waals surface area contributed by atoms with Crippen molar-refractivity contribution in [1.82, 2.24) is 29.7 Å². The highest BCUT2D eigenvalue weighted by atomic mass is 15.3. The van der Waals surface area contributed by atoms with Crippen molar-refractivity contribution in [3.8, 4) is 11.5 Å². The van der Waals surface area contributed by atoms with Gasteiger partial charge in [0.05, 0.1) is 6.04 Å². The minimum atomic E-state index is 0.222. The Morgan fingerprint density at radius 3 is 2.83 bits per heavy atom. The lowest BCUT2D eigenvalue weighted by Gasteiger charge is -2.36. The summed E-state index contributed by atoms with van der Waals surface area (Å²) < 4.78 is 2.36. The molecule has 0 aromatic carbocycles. The van der Waals surface area contributed by atoms with E-state index in [0.717, 1.165) is 61.2 Å². The Hall–Kier alpha value is -2.83. The Morgan fingerprint density at radius 2 is 1.97 bits per heavy atom. The number of hydrogen-bond donors (Lipinski definition) is 0. The summed E-state index contributed by atoms with van der Waals surface area (Å²) in [5.41, 5.74) is 1.86. The first-order valence-corrected chi connectivity index (χ1v) is 10.8. The molecule has 5 rings (SSSR count).